The van der Waals surface area contributed by atoms with Crippen LogP contribution in [0.4, 0.5) is 0 Å². The van der Waals surface area contributed by atoms with E-state index in [-0.39, 0.29) is 17.9 Å². The number of piperidine rings is 1. The molecule has 2 saturated heterocycles. The van der Waals surface area contributed by atoms with Crippen molar-refractivity contribution >= 4 is 11.8 Å². The molecule has 0 aliphatic carbocycles. The normalized spacial score (nSPS) is 20.4. The number of amides is 2. The van der Waals surface area contributed by atoms with Crippen molar-refractivity contribution in [2.45, 2.75) is 31.8 Å². The average molecular weight is 376 g/mol. The molecule has 1 aromatic rings. The number of methoxy groups -OCH3 is 2. The second kappa shape index (κ2) is 9.08. The van der Waals surface area contributed by atoms with Crippen LogP contribution in [-0.4, -0.2) is 63.3 Å². The van der Waals surface area contributed by atoms with Gasteiger partial charge >= 0.3 is 0 Å². The summed E-state index contributed by atoms with van der Waals surface area (Å²) in [6, 6.07) is 5.12. The van der Waals surface area contributed by atoms with Crippen molar-refractivity contribution in [1.29, 1.82) is 0 Å². The topological polar surface area (TPSA) is 77.1 Å². The number of carbonyl (C=O) groups is 2. The Labute approximate surface area is 160 Å². The Morgan fingerprint density at radius 3 is 2.52 bits per heavy atom. The maximum atomic E-state index is 12.4. The Balaban J connectivity index is 1.45. The highest BCUT2D eigenvalue weighted by molar-refractivity contribution is 5.94. The first-order valence-electron chi connectivity index (χ1n) is 9.53. The first-order valence-corrected chi connectivity index (χ1v) is 9.53. The third-order valence-corrected chi connectivity index (χ3v) is 5.33. The molecule has 2 heterocycles. The van der Waals surface area contributed by atoms with Gasteiger partial charge in [0.1, 0.15) is 6.10 Å². The minimum atomic E-state index is -0.244. The molecule has 7 heteroatoms. The minimum absolute atomic E-state index is 0.125. The van der Waals surface area contributed by atoms with Crippen LogP contribution in [0.2, 0.25) is 0 Å². The SMILES string of the molecule is COc1ccc(C(=O)NCC2CCN(C(=O)C3CCCO3)CC2)cc1OC. The van der Waals surface area contributed by atoms with E-state index in [1.165, 1.54) is 0 Å². The fraction of sp³-hybridized carbons (Fsp3) is 0.600. The fourth-order valence-electron chi connectivity index (χ4n) is 3.65. The molecule has 0 saturated carbocycles. The molecule has 0 radical (unpaired) electrons. The summed E-state index contributed by atoms with van der Waals surface area (Å²) in [5.41, 5.74) is 0.540. The third-order valence-electron chi connectivity index (χ3n) is 5.33. The third kappa shape index (κ3) is 4.71. The Hall–Kier alpha value is -2.28. The van der Waals surface area contributed by atoms with Crippen LogP contribution in [0, 0.1) is 5.92 Å². The van der Waals surface area contributed by atoms with Gasteiger partial charge in [0.05, 0.1) is 14.2 Å². The Morgan fingerprint density at radius 1 is 1.15 bits per heavy atom. The lowest BCUT2D eigenvalue weighted by atomic mass is 9.96. The summed E-state index contributed by atoms with van der Waals surface area (Å²) in [4.78, 5) is 26.7. The molecule has 0 bridgehead atoms. The van der Waals surface area contributed by atoms with Crippen LogP contribution in [0.1, 0.15) is 36.0 Å². The van der Waals surface area contributed by atoms with E-state index in [0.29, 0.717) is 36.1 Å². The van der Waals surface area contributed by atoms with Gasteiger partial charge in [-0.2, -0.15) is 0 Å². The van der Waals surface area contributed by atoms with Crippen LogP contribution < -0.4 is 14.8 Å². The zero-order valence-electron chi connectivity index (χ0n) is 16.0. The predicted octanol–water partition coefficient (Wildman–Crippen LogP) is 1.85. The number of hydrogen-bond acceptors (Lipinski definition) is 5. The van der Waals surface area contributed by atoms with E-state index in [9.17, 15) is 9.59 Å². The summed E-state index contributed by atoms with van der Waals surface area (Å²) in [5.74, 6) is 1.50. The molecule has 2 aliphatic rings. The monoisotopic (exact) mass is 376 g/mol. The molecule has 2 aliphatic heterocycles. The van der Waals surface area contributed by atoms with Crippen LogP contribution in [0.5, 0.6) is 11.5 Å². The number of likely N-dealkylation sites (tertiary alicyclic amines) is 1. The highest BCUT2D eigenvalue weighted by Gasteiger charge is 2.30. The van der Waals surface area contributed by atoms with Crippen molar-refractivity contribution < 1.29 is 23.8 Å². The van der Waals surface area contributed by atoms with Crippen LogP contribution >= 0.6 is 0 Å². The quantitative estimate of drug-likeness (QED) is 0.820. The van der Waals surface area contributed by atoms with Crippen molar-refractivity contribution in [3.8, 4) is 11.5 Å². The second-order valence-corrected chi connectivity index (χ2v) is 7.05. The minimum Gasteiger partial charge on any atom is -0.493 e. The number of carbonyl (C=O) groups excluding carboxylic acids is 2. The lowest BCUT2D eigenvalue weighted by molar-refractivity contribution is -0.142. The smallest absolute Gasteiger partial charge is 0.251 e. The molecule has 1 aromatic carbocycles. The molecule has 1 unspecified atom stereocenters. The lowest BCUT2D eigenvalue weighted by Crippen LogP contribution is -2.45. The standard InChI is InChI=1S/C20H28N2O5/c1-25-16-6-5-15(12-18(16)26-2)19(23)21-13-14-7-9-22(10-8-14)20(24)17-4-3-11-27-17/h5-6,12,14,17H,3-4,7-11,13H2,1-2H3,(H,21,23). The summed E-state index contributed by atoms with van der Waals surface area (Å²) < 4.78 is 15.9. The van der Waals surface area contributed by atoms with E-state index in [1.807, 2.05) is 4.90 Å². The largest absolute Gasteiger partial charge is 0.493 e. The lowest BCUT2D eigenvalue weighted by Gasteiger charge is -2.33. The summed E-state index contributed by atoms with van der Waals surface area (Å²) in [5, 5.41) is 2.99. The molecule has 2 fully saturated rings. The summed E-state index contributed by atoms with van der Waals surface area (Å²) in [6.07, 6.45) is 3.34. The number of nitrogens with zero attached hydrogens (tertiary/aromatic N) is 1. The molecular formula is C20H28N2O5. The van der Waals surface area contributed by atoms with Gasteiger partial charge in [0, 0.05) is 31.8 Å². The zero-order chi connectivity index (χ0) is 19.2. The molecule has 2 amide bonds. The summed E-state index contributed by atoms with van der Waals surface area (Å²) in [7, 11) is 3.11. The van der Waals surface area contributed by atoms with Crippen LogP contribution in [-0.2, 0) is 9.53 Å². The summed E-state index contributed by atoms with van der Waals surface area (Å²) >= 11 is 0. The van der Waals surface area contributed by atoms with Crippen molar-refractivity contribution in [3.63, 3.8) is 0 Å². The van der Waals surface area contributed by atoms with Crippen molar-refractivity contribution in [2.75, 3.05) is 40.5 Å². The second-order valence-electron chi connectivity index (χ2n) is 7.05. The first kappa shape index (κ1) is 19.5. The number of rotatable bonds is 6. The van der Waals surface area contributed by atoms with E-state index in [4.69, 9.17) is 14.2 Å². The number of ether oxygens (including phenoxy) is 3. The van der Waals surface area contributed by atoms with Crippen LogP contribution in [0.25, 0.3) is 0 Å². The first-order chi connectivity index (χ1) is 13.1. The maximum Gasteiger partial charge on any atom is 0.251 e. The van der Waals surface area contributed by atoms with E-state index in [1.54, 1.807) is 32.4 Å². The van der Waals surface area contributed by atoms with Gasteiger partial charge in [-0.1, -0.05) is 0 Å². The van der Waals surface area contributed by atoms with Gasteiger partial charge < -0.3 is 24.4 Å². The molecule has 1 N–H and O–H groups in total. The number of hydrogen-bond donors (Lipinski definition) is 1. The van der Waals surface area contributed by atoms with Gasteiger partial charge in [0.15, 0.2) is 11.5 Å². The van der Waals surface area contributed by atoms with E-state index in [2.05, 4.69) is 5.32 Å². The Bertz CT molecular complexity index is 664. The van der Waals surface area contributed by atoms with Gasteiger partial charge in [0.25, 0.3) is 11.8 Å². The van der Waals surface area contributed by atoms with E-state index >= 15 is 0 Å². The molecule has 3 rings (SSSR count). The fourth-order valence-corrected chi connectivity index (χ4v) is 3.65. The Morgan fingerprint density at radius 2 is 1.89 bits per heavy atom. The molecular weight excluding hydrogens is 348 g/mol. The van der Waals surface area contributed by atoms with Crippen molar-refractivity contribution in [3.05, 3.63) is 23.8 Å². The van der Waals surface area contributed by atoms with Gasteiger partial charge in [-0.25, -0.2) is 0 Å². The molecule has 7 nitrogen and oxygen atoms in total. The highest BCUT2D eigenvalue weighted by Crippen LogP contribution is 2.27. The van der Waals surface area contributed by atoms with Gasteiger partial charge in [-0.05, 0) is 49.8 Å². The van der Waals surface area contributed by atoms with Crippen LogP contribution in [0.15, 0.2) is 18.2 Å². The Kier molecular flexibility index (Phi) is 6.55. The zero-order valence-corrected chi connectivity index (χ0v) is 16.0. The van der Waals surface area contributed by atoms with E-state index < -0.39 is 0 Å². The van der Waals surface area contributed by atoms with E-state index in [0.717, 1.165) is 38.8 Å². The van der Waals surface area contributed by atoms with Crippen LogP contribution in [0.3, 0.4) is 0 Å². The van der Waals surface area contributed by atoms with Gasteiger partial charge in [-0.15, -0.1) is 0 Å². The van der Waals surface area contributed by atoms with Gasteiger partial charge in [-0.3, -0.25) is 9.59 Å². The molecule has 1 atom stereocenters. The average Bonchev–Trinajstić information content (AvgIpc) is 3.26. The number of benzene rings is 1. The molecule has 0 spiro atoms. The van der Waals surface area contributed by atoms with Gasteiger partial charge in [0.2, 0.25) is 0 Å². The molecule has 0 aromatic heterocycles. The highest BCUT2D eigenvalue weighted by atomic mass is 16.5. The van der Waals surface area contributed by atoms with Crippen molar-refractivity contribution in [1.82, 2.24) is 10.2 Å². The molecule has 27 heavy (non-hydrogen) atoms. The predicted molar refractivity (Wildman–Crippen MR) is 100 cm³/mol. The maximum absolute atomic E-state index is 12.4. The van der Waals surface area contributed by atoms with Crippen molar-refractivity contribution in [2.24, 2.45) is 5.92 Å². The summed E-state index contributed by atoms with van der Waals surface area (Å²) in [6.45, 7) is 2.76. The molecule has 148 valence electrons. The number of nitrogens with one attached hydrogen (secondary N) is 1.